The molecule has 0 saturated carbocycles. The fourth-order valence-electron chi connectivity index (χ4n) is 2.21. The smallest absolute Gasteiger partial charge is 0.123 e. The van der Waals surface area contributed by atoms with Gasteiger partial charge in [-0.15, -0.1) is 0 Å². The minimum absolute atomic E-state index is 0.170. The molecule has 0 saturated heterocycles. The van der Waals surface area contributed by atoms with Crippen LogP contribution in [0.4, 0.5) is 4.39 Å². The van der Waals surface area contributed by atoms with Crippen LogP contribution >= 0.6 is 7.11 Å². The lowest BCUT2D eigenvalue weighted by atomic mass is 10.2. The van der Waals surface area contributed by atoms with E-state index in [0.717, 1.165) is 43.8 Å². The van der Waals surface area contributed by atoms with Crippen molar-refractivity contribution in [3.8, 4) is 0 Å². The third kappa shape index (κ3) is 6.72. The molecule has 0 aliphatic rings. The Bertz CT molecular complexity index is 417. The van der Waals surface area contributed by atoms with Crippen molar-refractivity contribution in [3.05, 3.63) is 35.6 Å². The first kappa shape index (κ1) is 17.5. The van der Waals surface area contributed by atoms with E-state index < -0.39 is 7.11 Å². The zero-order valence-corrected chi connectivity index (χ0v) is 13.8. The fourth-order valence-corrected chi connectivity index (χ4v) is 4.77. The van der Waals surface area contributed by atoms with Gasteiger partial charge in [0.05, 0.1) is 6.61 Å². The lowest BCUT2D eigenvalue weighted by Crippen LogP contribution is -2.02. The van der Waals surface area contributed by atoms with Crippen LogP contribution in [-0.4, -0.2) is 19.1 Å². The third-order valence-electron chi connectivity index (χ3n) is 3.39. The van der Waals surface area contributed by atoms with Crippen LogP contribution in [0.5, 0.6) is 0 Å². The van der Waals surface area contributed by atoms with E-state index in [1.165, 1.54) is 18.9 Å². The number of benzene rings is 1. The zero-order chi connectivity index (χ0) is 14.8. The number of halogens is 1. The van der Waals surface area contributed by atoms with E-state index in [1.807, 2.05) is 6.07 Å². The van der Waals surface area contributed by atoms with E-state index in [-0.39, 0.29) is 5.82 Å². The lowest BCUT2D eigenvalue weighted by Gasteiger charge is -2.25. The molecule has 0 fully saturated rings. The van der Waals surface area contributed by atoms with Gasteiger partial charge in [0.1, 0.15) is 5.82 Å². The van der Waals surface area contributed by atoms with Crippen LogP contribution in [0.15, 0.2) is 24.3 Å². The van der Waals surface area contributed by atoms with Crippen molar-refractivity contribution >= 4 is 13.4 Å². The van der Waals surface area contributed by atoms with Crippen LogP contribution in [-0.2, 0) is 10.7 Å². The molecule has 3 heteroatoms. The molecule has 1 rings (SSSR count). The van der Waals surface area contributed by atoms with Gasteiger partial charge in [-0.25, -0.2) is 4.39 Å². The molecule has 0 radical (unpaired) electrons. The summed E-state index contributed by atoms with van der Waals surface area (Å²) >= 11 is 0. The molecule has 1 nitrogen and oxygen atoms in total. The average molecular weight is 298 g/mol. The summed E-state index contributed by atoms with van der Waals surface area (Å²) in [6.07, 6.45) is 12.0. The second kappa shape index (κ2) is 9.37. The molecule has 0 N–H and O–H groups in total. The summed E-state index contributed by atoms with van der Waals surface area (Å²) in [7, 11) is -1.69. The second-order valence-electron chi connectivity index (χ2n) is 5.46. The van der Waals surface area contributed by atoms with Crippen LogP contribution in [0.2, 0.25) is 0 Å². The minimum Gasteiger partial charge on any atom is -0.362 e. The Labute approximate surface area is 123 Å². The summed E-state index contributed by atoms with van der Waals surface area (Å²) in [6, 6.07) is 6.85. The van der Waals surface area contributed by atoms with Gasteiger partial charge in [0.2, 0.25) is 0 Å². The molecule has 1 atom stereocenters. The van der Waals surface area contributed by atoms with Crippen LogP contribution in [0.25, 0.3) is 0 Å². The molecule has 1 aromatic carbocycles. The summed E-state index contributed by atoms with van der Waals surface area (Å²) in [5.74, 6) is -0.170. The molecule has 0 amide bonds. The summed E-state index contributed by atoms with van der Waals surface area (Å²) in [4.78, 5) is 0. The Morgan fingerprint density at radius 1 is 1.15 bits per heavy atom. The quantitative estimate of drug-likeness (QED) is 0.398. The van der Waals surface area contributed by atoms with Crippen LogP contribution in [0.1, 0.15) is 51.5 Å². The maximum atomic E-state index is 13.3. The topological polar surface area (TPSA) is 9.23 Å². The maximum absolute atomic E-state index is 13.3. The largest absolute Gasteiger partial charge is 0.362 e. The van der Waals surface area contributed by atoms with Gasteiger partial charge in [-0.2, -0.15) is 0 Å². The maximum Gasteiger partial charge on any atom is 0.123 e. The molecular formula is C17H28FOP. The third-order valence-corrected chi connectivity index (χ3v) is 6.19. The first-order valence-corrected chi connectivity index (χ1v) is 9.96. The van der Waals surface area contributed by atoms with Gasteiger partial charge >= 0.3 is 0 Å². The van der Waals surface area contributed by atoms with Crippen molar-refractivity contribution in [3.63, 3.8) is 0 Å². The van der Waals surface area contributed by atoms with E-state index in [9.17, 15) is 4.39 Å². The van der Waals surface area contributed by atoms with Crippen LogP contribution in [0.3, 0.4) is 0 Å². The average Bonchev–Trinajstić information content (AvgIpc) is 2.39. The predicted molar refractivity (Wildman–Crippen MR) is 89.4 cm³/mol. The molecule has 114 valence electrons. The van der Waals surface area contributed by atoms with Gasteiger partial charge in [0, 0.05) is 13.3 Å². The first-order chi connectivity index (χ1) is 9.59. The van der Waals surface area contributed by atoms with E-state index in [4.69, 9.17) is 4.52 Å². The van der Waals surface area contributed by atoms with Gasteiger partial charge in [-0.05, 0) is 36.7 Å². The standard InChI is InChI=1S/C17H28FOP/c1-4-6-8-13-20(3,19-12-7-5-2)15-16-10-9-11-17(18)14-16/h9-11,14H,3-8,12-13,15H2,1-2H3. The van der Waals surface area contributed by atoms with Gasteiger partial charge < -0.3 is 4.52 Å². The molecule has 1 unspecified atom stereocenters. The Kier molecular flexibility index (Phi) is 8.18. The highest BCUT2D eigenvalue weighted by atomic mass is 31.2. The normalized spacial score (nSPS) is 14.2. The summed E-state index contributed by atoms with van der Waals surface area (Å²) in [5, 5.41) is 0. The highest BCUT2D eigenvalue weighted by Gasteiger charge is 2.16. The monoisotopic (exact) mass is 298 g/mol. The molecule has 0 spiro atoms. The van der Waals surface area contributed by atoms with Gasteiger partial charge in [-0.1, -0.05) is 51.5 Å². The molecule has 1 aromatic rings. The molecule has 0 aliphatic heterocycles. The highest BCUT2D eigenvalue weighted by molar-refractivity contribution is 7.68. The molecule has 0 bridgehead atoms. The molecule has 0 aliphatic carbocycles. The Balaban J connectivity index is 2.67. The van der Waals surface area contributed by atoms with Crippen molar-refractivity contribution in [2.24, 2.45) is 0 Å². The van der Waals surface area contributed by atoms with E-state index in [0.29, 0.717) is 0 Å². The van der Waals surface area contributed by atoms with Crippen LogP contribution < -0.4 is 0 Å². The van der Waals surface area contributed by atoms with Crippen molar-refractivity contribution in [2.45, 2.75) is 52.1 Å². The van der Waals surface area contributed by atoms with E-state index >= 15 is 0 Å². The van der Waals surface area contributed by atoms with Crippen molar-refractivity contribution in [1.29, 1.82) is 0 Å². The summed E-state index contributed by atoms with van der Waals surface area (Å²) in [6.45, 7) is 5.15. The highest BCUT2D eigenvalue weighted by Crippen LogP contribution is 2.50. The van der Waals surface area contributed by atoms with Gasteiger partial charge in [0.25, 0.3) is 0 Å². The van der Waals surface area contributed by atoms with E-state index in [2.05, 4.69) is 20.1 Å². The first-order valence-electron chi connectivity index (χ1n) is 7.70. The summed E-state index contributed by atoms with van der Waals surface area (Å²) < 4.78 is 19.4. The lowest BCUT2D eigenvalue weighted by molar-refractivity contribution is 0.338. The zero-order valence-electron chi connectivity index (χ0n) is 12.9. The predicted octanol–water partition coefficient (Wildman–Crippen LogP) is 5.70. The number of hydrogen-bond donors (Lipinski definition) is 0. The SMILES string of the molecule is C=P(CCCCC)(Cc1cccc(F)c1)OCCCC. The molecule has 20 heavy (non-hydrogen) atoms. The Morgan fingerprint density at radius 2 is 1.90 bits per heavy atom. The Morgan fingerprint density at radius 3 is 2.55 bits per heavy atom. The van der Waals surface area contributed by atoms with Gasteiger partial charge in [-0.3, -0.25) is 0 Å². The van der Waals surface area contributed by atoms with Crippen LogP contribution in [0, 0.1) is 5.82 Å². The number of unbranched alkanes of at least 4 members (excludes halogenated alkanes) is 3. The van der Waals surface area contributed by atoms with Crippen molar-refractivity contribution in [2.75, 3.05) is 12.8 Å². The molecular weight excluding hydrogens is 270 g/mol. The number of hydrogen-bond acceptors (Lipinski definition) is 1. The van der Waals surface area contributed by atoms with Gasteiger partial charge in [0.15, 0.2) is 0 Å². The minimum atomic E-state index is -1.69. The van der Waals surface area contributed by atoms with Crippen molar-refractivity contribution in [1.82, 2.24) is 0 Å². The Hall–Kier alpha value is -0.590. The van der Waals surface area contributed by atoms with Crippen molar-refractivity contribution < 1.29 is 8.91 Å². The number of rotatable bonds is 10. The second-order valence-corrected chi connectivity index (χ2v) is 8.60. The summed E-state index contributed by atoms with van der Waals surface area (Å²) in [5.41, 5.74) is 1.02. The fraction of sp³-hybridized carbons (Fsp3) is 0.588. The molecule has 0 heterocycles. The van der Waals surface area contributed by atoms with E-state index in [1.54, 1.807) is 12.1 Å². The molecule has 0 aromatic heterocycles.